The molecule has 1 aromatic rings. The molecule has 6 nitrogen and oxygen atoms in total. The summed E-state index contributed by atoms with van der Waals surface area (Å²) in [5.74, 6) is -0.836. The van der Waals surface area contributed by atoms with Crippen LogP contribution >= 0.6 is 0 Å². The number of rotatable bonds is 8. The van der Waals surface area contributed by atoms with E-state index in [1.54, 1.807) is 0 Å². The summed E-state index contributed by atoms with van der Waals surface area (Å²) >= 11 is 0. The Morgan fingerprint density at radius 2 is 1.90 bits per heavy atom. The first kappa shape index (κ1) is 15.9. The van der Waals surface area contributed by atoms with Crippen LogP contribution in [0.5, 0.6) is 0 Å². The molecule has 1 N–H and O–H groups in total. The van der Waals surface area contributed by atoms with Gasteiger partial charge in [0, 0.05) is 20.1 Å². The molecule has 2 rings (SSSR count). The predicted molar refractivity (Wildman–Crippen MR) is 78.8 cm³/mol. The average Bonchev–Trinajstić information content (AvgIpc) is 3.22. The minimum absolute atomic E-state index is 0.226. The number of carboxylic acids is 1. The van der Waals surface area contributed by atoms with Gasteiger partial charge in [-0.05, 0) is 24.3 Å². The topological polar surface area (TPSA) is 77.9 Å². The van der Waals surface area contributed by atoms with Gasteiger partial charge in [0.25, 0.3) is 10.2 Å². The molecule has 7 heteroatoms. The van der Waals surface area contributed by atoms with Gasteiger partial charge in [-0.25, -0.2) is 0 Å². The molecule has 0 aliphatic heterocycles. The fourth-order valence-electron chi connectivity index (χ4n) is 2.10. The molecule has 1 aliphatic rings. The normalized spacial score (nSPS) is 15.6. The van der Waals surface area contributed by atoms with Gasteiger partial charge in [0.2, 0.25) is 0 Å². The largest absolute Gasteiger partial charge is 0.480 e. The fraction of sp³-hybridized carbons (Fsp3) is 0.500. The van der Waals surface area contributed by atoms with Crippen LogP contribution in [-0.4, -0.2) is 48.2 Å². The molecule has 0 bridgehead atoms. The molecule has 0 atom stereocenters. The molecule has 116 valence electrons. The van der Waals surface area contributed by atoms with E-state index in [9.17, 15) is 13.2 Å². The molecule has 0 spiro atoms. The van der Waals surface area contributed by atoms with Gasteiger partial charge in [-0.3, -0.25) is 4.79 Å². The van der Waals surface area contributed by atoms with Gasteiger partial charge in [-0.2, -0.15) is 17.0 Å². The van der Waals surface area contributed by atoms with E-state index >= 15 is 0 Å². The maximum Gasteiger partial charge on any atom is 0.318 e. The molecule has 0 radical (unpaired) electrons. The Morgan fingerprint density at radius 3 is 2.43 bits per heavy atom. The first-order chi connectivity index (χ1) is 9.89. The Bertz CT molecular complexity index is 584. The van der Waals surface area contributed by atoms with Crippen molar-refractivity contribution in [3.63, 3.8) is 0 Å². The second-order valence-electron chi connectivity index (χ2n) is 5.38. The van der Waals surface area contributed by atoms with Crippen LogP contribution < -0.4 is 0 Å². The molecule has 0 aromatic heterocycles. The van der Waals surface area contributed by atoms with Crippen LogP contribution in [0.2, 0.25) is 0 Å². The zero-order valence-electron chi connectivity index (χ0n) is 12.0. The van der Waals surface area contributed by atoms with Gasteiger partial charge in [-0.1, -0.05) is 30.3 Å². The molecular formula is C14H20N2O4S. The van der Waals surface area contributed by atoms with Crippen molar-refractivity contribution in [1.29, 1.82) is 0 Å². The van der Waals surface area contributed by atoms with Crippen molar-refractivity contribution in [3.8, 4) is 0 Å². The molecule has 0 unspecified atom stereocenters. The van der Waals surface area contributed by atoms with Gasteiger partial charge in [0.15, 0.2) is 0 Å². The lowest BCUT2D eigenvalue weighted by Crippen LogP contribution is -2.44. The number of aliphatic carboxylic acids is 1. The Kier molecular flexibility index (Phi) is 4.97. The van der Waals surface area contributed by atoms with E-state index in [2.05, 4.69) is 0 Å². The smallest absolute Gasteiger partial charge is 0.318 e. The van der Waals surface area contributed by atoms with Crippen molar-refractivity contribution < 1.29 is 18.3 Å². The first-order valence-corrected chi connectivity index (χ1v) is 8.26. The van der Waals surface area contributed by atoms with Crippen molar-refractivity contribution >= 4 is 16.2 Å². The molecule has 1 aliphatic carbocycles. The molecule has 1 saturated carbocycles. The van der Waals surface area contributed by atoms with Crippen molar-refractivity contribution in [2.45, 2.75) is 19.4 Å². The van der Waals surface area contributed by atoms with Crippen molar-refractivity contribution in [2.75, 3.05) is 20.1 Å². The quantitative estimate of drug-likeness (QED) is 0.781. The molecule has 0 amide bonds. The van der Waals surface area contributed by atoms with Gasteiger partial charge < -0.3 is 5.11 Å². The monoisotopic (exact) mass is 312 g/mol. The van der Waals surface area contributed by atoms with Gasteiger partial charge >= 0.3 is 5.97 Å². The summed E-state index contributed by atoms with van der Waals surface area (Å²) in [7, 11) is -2.29. The van der Waals surface area contributed by atoms with Crippen molar-refractivity contribution in [1.82, 2.24) is 8.61 Å². The second kappa shape index (κ2) is 6.55. The molecule has 0 saturated heterocycles. The van der Waals surface area contributed by atoms with E-state index in [0.717, 1.165) is 22.7 Å². The second-order valence-corrected chi connectivity index (χ2v) is 7.41. The summed E-state index contributed by atoms with van der Waals surface area (Å²) in [5.41, 5.74) is 0.866. The van der Waals surface area contributed by atoms with Crippen LogP contribution in [0.25, 0.3) is 0 Å². The number of hydrogen-bond donors (Lipinski definition) is 1. The lowest BCUT2D eigenvalue weighted by atomic mass is 10.2. The molecule has 1 fully saturated rings. The van der Waals surface area contributed by atoms with E-state index in [4.69, 9.17) is 5.11 Å². The lowest BCUT2D eigenvalue weighted by Gasteiger charge is -2.26. The van der Waals surface area contributed by atoms with E-state index in [0.29, 0.717) is 5.92 Å². The Labute approximate surface area is 125 Å². The Morgan fingerprint density at radius 1 is 1.29 bits per heavy atom. The van der Waals surface area contributed by atoms with Crippen molar-refractivity contribution in [2.24, 2.45) is 5.92 Å². The fourth-order valence-corrected chi connectivity index (χ4v) is 3.48. The highest BCUT2D eigenvalue weighted by atomic mass is 32.2. The van der Waals surface area contributed by atoms with Crippen LogP contribution in [0.4, 0.5) is 0 Å². The molecule has 0 heterocycles. The van der Waals surface area contributed by atoms with Gasteiger partial charge in [0.1, 0.15) is 6.54 Å². The standard InChI is InChI=1S/C14H20N2O4S/c1-15(9-12-5-3-2-4-6-12)21(19,20)16(11-14(17)18)10-13-7-8-13/h2-6,13H,7-11H2,1H3,(H,17,18). The molecule has 21 heavy (non-hydrogen) atoms. The summed E-state index contributed by atoms with van der Waals surface area (Å²) in [6, 6.07) is 9.23. The first-order valence-electron chi connectivity index (χ1n) is 6.86. The summed E-state index contributed by atoms with van der Waals surface area (Å²) in [6.45, 7) is 0.0235. The highest BCUT2D eigenvalue weighted by Gasteiger charge is 2.34. The van der Waals surface area contributed by atoms with E-state index in [1.165, 1.54) is 11.4 Å². The highest BCUT2D eigenvalue weighted by Crippen LogP contribution is 2.30. The van der Waals surface area contributed by atoms with Crippen LogP contribution in [-0.2, 0) is 21.5 Å². The van der Waals surface area contributed by atoms with E-state index in [-0.39, 0.29) is 13.1 Å². The summed E-state index contributed by atoms with van der Waals surface area (Å²) in [4.78, 5) is 10.9. The molecule has 1 aromatic carbocycles. The number of carboxylic acid groups (broad SMARTS) is 1. The zero-order chi connectivity index (χ0) is 15.5. The minimum atomic E-state index is -3.76. The van der Waals surface area contributed by atoms with Gasteiger partial charge in [-0.15, -0.1) is 0 Å². The molecular weight excluding hydrogens is 292 g/mol. The summed E-state index contributed by atoms with van der Waals surface area (Å²) in [5, 5.41) is 8.93. The maximum absolute atomic E-state index is 12.5. The highest BCUT2D eigenvalue weighted by molar-refractivity contribution is 7.86. The summed E-state index contributed by atoms with van der Waals surface area (Å²) < 4.78 is 27.3. The third kappa shape index (κ3) is 4.52. The third-order valence-corrected chi connectivity index (χ3v) is 5.29. The van der Waals surface area contributed by atoms with Crippen LogP contribution in [0, 0.1) is 5.92 Å². The maximum atomic E-state index is 12.5. The minimum Gasteiger partial charge on any atom is -0.480 e. The SMILES string of the molecule is CN(Cc1ccccc1)S(=O)(=O)N(CC(=O)O)CC1CC1. The number of carbonyl (C=O) groups is 1. The number of hydrogen-bond acceptors (Lipinski definition) is 3. The van der Waals surface area contributed by atoms with Crippen LogP contribution in [0.3, 0.4) is 0 Å². The Balaban J connectivity index is 2.10. The predicted octanol–water partition coefficient (Wildman–Crippen LogP) is 1.16. The zero-order valence-corrected chi connectivity index (χ0v) is 12.8. The average molecular weight is 312 g/mol. The van der Waals surface area contributed by atoms with E-state index in [1.807, 2.05) is 30.3 Å². The third-order valence-electron chi connectivity index (χ3n) is 3.44. The number of benzene rings is 1. The van der Waals surface area contributed by atoms with Gasteiger partial charge in [0.05, 0.1) is 0 Å². The van der Waals surface area contributed by atoms with Crippen molar-refractivity contribution in [3.05, 3.63) is 35.9 Å². The van der Waals surface area contributed by atoms with E-state index < -0.39 is 22.7 Å². The summed E-state index contributed by atoms with van der Waals surface area (Å²) in [6.07, 6.45) is 1.93. The Hall–Kier alpha value is -1.44. The lowest BCUT2D eigenvalue weighted by molar-refractivity contribution is -0.137. The van der Waals surface area contributed by atoms with Crippen LogP contribution in [0.1, 0.15) is 18.4 Å². The van der Waals surface area contributed by atoms with Crippen LogP contribution in [0.15, 0.2) is 30.3 Å². The number of nitrogens with zero attached hydrogens (tertiary/aromatic N) is 2.